The molecule has 6 rings (SSSR count). The maximum Gasteiger partial charge on any atom is 0.349 e. The van der Waals surface area contributed by atoms with Crippen molar-refractivity contribution in [1.82, 2.24) is 24.3 Å². The van der Waals surface area contributed by atoms with Gasteiger partial charge in [0.25, 0.3) is 0 Å². The molecule has 5 heterocycles. The zero-order valence-electron chi connectivity index (χ0n) is 21.4. The summed E-state index contributed by atoms with van der Waals surface area (Å²) in [4.78, 5) is 22.3. The van der Waals surface area contributed by atoms with Gasteiger partial charge >= 0.3 is 5.69 Å². The van der Waals surface area contributed by atoms with Crippen LogP contribution in [0.4, 0.5) is 4.39 Å². The van der Waals surface area contributed by atoms with Crippen LogP contribution in [0.3, 0.4) is 0 Å². The molecule has 0 saturated carbocycles. The summed E-state index contributed by atoms with van der Waals surface area (Å²) in [5.74, 6) is -0.481. The SMILES string of the molecule is CC[C@H]1C[C@@H](n2c(=O)nc(-c3cnn(C)c3)c3oc4cc(F)c(-c5ccc(C(C)O)nc5)cc4c32)CCO1. The number of aromatic nitrogens is 5. The number of nitrogens with zero attached hydrogens (tertiary/aromatic N) is 5. The predicted molar refractivity (Wildman–Crippen MR) is 140 cm³/mol. The van der Waals surface area contributed by atoms with Crippen LogP contribution in [0.5, 0.6) is 0 Å². The van der Waals surface area contributed by atoms with Crippen molar-refractivity contribution < 1.29 is 18.7 Å². The average molecular weight is 518 g/mol. The van der Waals surface area contributed by atoms with Gasteiger partial charge in [0.1, 0.15) is 22.6 Å². The van der Waals surface area contributed by atoms with E-state index < -0.39 is 17.6 Å². The van der Waals surface area contributed by atoms with Crippen molar-refractivity contribution in [3.8, 4) is 22.4 Å². The largest absolute Gasteiger partial charge is 0.452 e. The molecule has 4 aromatic heterocycles. The Morgan fingerprint density at radius 3 is 2.76 bits per heavy atom. The van der Waals surface area contributed by atoms with Crippen molar-refractivity contribution >= 4 is 22.1 Å². The lowest BCUT2D eigenvalue weighted by Gasteiger charge is -2.30. The third-order valence-corrected chi connectivity index (χ3v) is 7.28. The predicted octanol–water partition coefficient (Wildman–Crippen LogP) is 4.93. The number of aryl methyl sites for hydroxylation is 1. The number of hydrogen-bond acceptors (Lipinski definition) is 7. The molecule has 1 aliphatic heterocycles. The molecule has 0 aliphatic carbocycles. The monoisotopic (exact) mass is 517 g/mol. The summed E-state index contributed by atoms with van der Waals surface area (Å²) in [6, 6.07) is 6.30. The number of aliphatic hydroxyl groups is 1. The molecule has 1 aliphatic rings. The van der Waals surface area contributed by atoms with E-state index in [2.05, 4.69) is 22.0 Å². The van der Waals surface area contributed by atoms with Gasteiger partial charge in [-0.1, -0.05) is 13.0 Å². The van der Waals surface area contributed by atoms with E-state index in [1.807, 2.05) is 0 Å². The Hall–Kier alpha value is -3.89. The lowest BCUT2D eigenvalue weighted by molar-refractivity contribution is -0.00709. The smallest absolute Gasteiger partial charge is 0.349 e. The molecule has 5 aromatic rings. The van der Waals surface area contributed by atoms with Crippen molar-refractivity contribution in [2.24, 2.45) is 7.05 Å². The molecule has 0 amide bonds. The molecule has 0 spiro atoms. The molecule has 3 atom stereocenters. The Balaban J connectivity index is 1.63. The summed E-state index contributed by atoms with van der Waals surface area (Å²) in [5, 5.41) is 14.6. The van der Waals surface area contributed by atoms with Gasteiger partial charge < -0.3 is 14.3 Å². The van der Waals surface area contributed by atoms with E-state index in [-0.39, 0.29) is 12.1 Å². The van der Waals surface area contributed by atoms with Gasteiger partial charge in [-0.15, -0.1) is 0 Å². The first kappa shape index (κ1) is 24.4. The minimum absolute atomic E-state index is 0.0402. The molecule has 9 nitrogen and oxygen atoms in total. The molecule has 1 N–H and O–H groups in total. The maximum atomic E-state index is 15.4. The zero-order chi connectivity index (χ0) is 26.6. The van der Waals surface area contributed by atoms with Crippen molar-refractivity contribution in [3.05, 3.63) is 64.9 Å². The molecular weight excluding hydrogens is 489 g/mol. The molecule has 0 bridgehead atoms. The Bertz CT molecular complexity index is 1700. The average Bonchev–Trinajstić information content (AvgIpc) is 3.51. The standard InChI is InChI=1S/C28H28FN5O4/c1-4-19-9-18(7-8-37-19)34-26-21-10-20(16-5-6-23(15(2)35)30-12-16)22(29)11-24(21)38-27(26)25(32-28(34)36)17-13-31-33(3)14-17/h5-6,10-15,18-19,35H,4,7-9H2,1-3H3/t15?,18-,19-/m0/s1. The molecule has 0 radical (unpaired) electrons. The van der Waals surface area contributed by atoms with E-state index in [0.717, 1.165) is 6.42 Å². The number of ether oxygens (including phenoxy) is 1. The normalized spacial score (nSPS) is 18.9. The van der Waals surface area contributed by atoms with Crippen LogP contribution in [0.25, 0.3) is 44.5 Å². The molecular formula is C28H28FN5O4. The summed E-state index contributed by atoms with van der Waals surface area (Å²) in [5.41, 5.74) is 3.29. The first-order valence-corrected chi connectivity index (χ1v) is 12.8. The minimum Gasteiger partial charge on any atom is -0.452 e. The number of rotatable bonds is 5. The maximum absolute atomic E-state index is 15.4. The van der Waals surface area contributed by atoms with Crippen LogP contribution in [0.15, 0.2) is 52.1 Å². The lowest BCUT2D eigenvalue weighted by Crippen LogP contribution is -2.34. The number of hydrogen-bond donors (Lipinski definition) is 1. The van der Waals surface area contributed by atoms with E-state index >= 15 is 4.39 Å². The highest BCUT2D eigenvalue weighted by Gasteiger charge is 2.29. The highest BCUT2D eigenvalue weighted by Crippen LogP contribution is 2.39. The summed E-state index contributed by atoms with van der Waals surface area (Å²) in [6.07, 6.45) is 6.41. The number of furan rings is 1. The summed E-state index contributed by atoms with van der Waals surface area (Å²) in [6.45, 7) is 4.23. The van der Waals surface area contributed by atoms with Crippen molar-refractivity contribution in [2.75, 3.05) is 6.61 Å². The van der Waals surface area contributed by atoms with Crippen LogP contribution in [0.2, 0.25) is 0 Å². The number of aliphatic hydroxyl groups excluding tert-OH is 1. The number of benzene rings is 1. The topological polar surface area (TPSA) is 108 Å². The van der Waals surface area contributed by atoms with Gasteiger partial charge in [-0.3, -0.25) is 14.2 Å². The first-order chi connectivity index (χ1) is 18.3. The van der Waals surface area contributed by atoms with Crippen LogP contribution < -0.4 is 5.69 Å². The second kappa shape index (κ2) is 9.45. The number of pyridine rings is 1. The Morgan fingerprint density at radius 2 is 2.08 bits per heavy atom. The van der Waals surface area contributed by atoms with Gasteiger partial charge in [0.2, 0.25) is 0 Å². The first-order valence-electron chi connectivity index (χ1n) is 12.8. The summed E-state index contributed by atoms with van der Waals surface area (Å²) < 4.78 is 30.8. The Morgan fingerprint density at radius 1 is 1.24 bits per heavy atom. The Kier molecular flexibility index (Phi) is 6.08. The molecule has 10 heteroatoms. The van der Waals surface area contributed by atoms with Gasteiger partial charge in [0.05, 0.1) is 24.1 Å². The summed E-state index contributed by atoms with van der Waals surface area (Å²) >= 11 is 0. The fourth-order valence-electron chi connectivity index (χ4n) is 5.29. The molecule has 1 fully saturated rings. The quantitative estimate of drug-likeness (QED) is 0.352. The van der Waals surface area contributed by atoms with Crippen LogP contribution >= 0.6 is 0 Å². The summed E-state index contributed by atoms with van der Waals surface area (Å²) in [7, 11) is 1.78. The van der Waals surface area contributed by atoms with Crippen LogP contribution in [0, 0.1) is 5.82 Å². The van der Waals surface area contributed by atoms with E-state index in [1.165, 1.54) is 12.3 Å². The van der Waals surface area contributed by atoms with E-state index in [1.54, 1.807) is 53.8 Å². The zero-order valence-corrected chi connectivity index (χ0v) is 21.4. The van der Waals surface area contributed by atoms with Crippen molar-refractivity contribution in [3.63, 3.8) is 0 Å². The van der Waals surface area contributed by atoms with E-state index in [0.29, 0.717) is 69.6 Å². The van der Waals surface area contributed by atoms with Gasteiger partial charge in [-0.2, -0.15) is 10.1 Å². The molecule has 1 unspecified atom stereocenters. The van der Waals surface area contributed by atoms with E-state index in [9.17, 15) is 9.90 Å². The third-order valence-electron chi connectivity index (χ3n) is 7.28. The van der Waals surface area contributed by atoms with Crippen LogP contribution in [0.1, 0.15) is 50.9 Å². The molecule has 38 heavy (non-hydrogen) atoms. The number of fused-ring (bicyclic) bond motifs is 3. The van der Waals surface area contributed by atoms with Crippen molar-refractivity contribution in [2.45, 2.75) is 51.4 Å². The van der Waals surface area contributed by atoms with Crippen LogP contribution in [-0.2, 0) is 11.8 Å². The second-order valence-electron chi connectivity index (χ2n) is 9.85. The molecule has 1 saturated heterocycles. The third kappa shape index (κ3) is 4.10. The van der Waals surface area contributed by atoms with Gasteiger partial charge in [0, 0.05) is 60.2 Å². The van der Waals surface area contributed by atoms with Gasteiger partial charge in [-0.05, 0) is 38.3 Å². The Labute approximate surface area is 217 Å². The lowest BCUT2D eigenvalue weighted by atomic mass is 10.00. The van der Waals surface area contributed by atoms with Gasteiger partial charge in [-0.25, -0.2) is 9.18 Å². The molecule has 1 aromatic carbocycles. The fraction of sp³-hybridized carbons (Fsp3) is 0.357. The molecule has 196 valence electrons. The van der Waals surface area contributed by atoms with Crippen LogP contribution in [-0.4, -0.2) is 42.1 Å². The highest BCUT2D eigenvalue weighted by atomic mass is 19.1. The minimum atomic E-state index is -0.728. The second-order valence-corrected chi connectivity index (χ2v) is 9.85. The highest BCUT2D eigenvalue weighted by molar-refractivity contribution is 6.08. The van der Waals surface area contributed by atoms with Crippen molar-refractivity contribution in [1.29, 1.82) is 0 Å². The number of halogens is 1. The fourth-order valence-corrected chi connectivity index (χ4v) is 5.29. The van der Waals surface area contributed by atoms with E-state index in [4.69, 9.17) is 9.15 Å². The van der Waals surface area contributed by atoms with Gasteiger partial charge in [0.15, 0.2) is 5.58 Å².